The Morgan fingerprint density at radius 2 is 2.29 bits per heavy atom. The summed E-state index contributed by atoms with van der Waals surface area (Å²) in [6.07, 6.45) is 4.29. The quantitative estimate of drug-likeness (QED) is 0.869. The van der Waals surface area contributed by atoms with Crippen molar-refractivity contribution in [2.75, 3.05) is 0 Å². The van der Waals surface area contributed by atoms with Crippen LogP contribution in [-0.4, -0.2) is 15.8 Å². The van der Waals surface area contributed by atoms with Gasteiger partial charge in [-0.2, -0.15) is 5.10 Å². The molecule has 1 atom stereocenters. The van der Waals surface area contributed by atoms with E-state index in [1.54, 1.807) is 16.9 Å². The Bertz CT molecular complexity index is 522. The molecule has 5 heteroatoms. The molecule has 2 aromatic rings. The summed E-state index contributed by atoms with van der Waals surface area (Å²) in [5, 5.41) is 4.23. The molecule has 17 heavy (non-hydrogen) atoms. The molecular weight excluding hydrogens is 332 g/mol. The highest BCUT2D eigenvalue weighted by molar-refractivity contribution is 14.1. The van der Waals surface area contributed by atoms with Gasteiger partial charge in [0.25, 0.3) is 0 Å². The van der Waals surface area contributed by atoms with Crippen LogP contribution in [0.25, 0.3) is 5.69 Å². The second-order valence-corrected chi connectivity index (χ2v) is 5.30. The lowest BCUT2D eigenvalue weighted by Crippen LogP contribution is -2.19. The molecule has 3 nitrogen and oxygen atoms in total. The normalized spacial score (nSPS) is 12.7. The summed E-state index contributed by atoms with van der Waals surface area (Å²) in [6, 6.07) is 4.68. The number of hydrogen-bond acceptors (Lipinski definition) is 2. The molecular formula is C12H13FIN3. The van der Waals surface area contributed by atoms with E-state index < -0.39 is 0 Å². The average Bonchev–Trinajstić information content (AvgIpc) is 2.64. The molecule has 0 radical (unpaired) electrons. The Kier molecular flexibility index (Phi) is 3.78. The summed E-state index contributed by atoms with van der Waals surface area (Å²) in [5.41, 5.74) is 7.53. The van der Waals surface area contributed by atoms with Gasteiger partial charge in [0.15, 0.2) is 0 Å². The first-order valence-corrected chi connectivity index (χ1v) is 6.38. The third-order valence-corrected chi connectivity index (χ3v) is 2.94. The number of halogens is 2. The maximum absolute atomic E-state index is 13.2. The third kappa shape index (κ3) is 3.04. The number of nitrogens with two attached hydrogens (primary N) is 1. The molecule has 1 unspecified atom stereocenters. The van der Waals surface area contributed by atoms with Gasteiger partial charge in [-0.05, 0) is 59.7 Å². The van der Waals surface area contributed by atoms with E-state index in [4.69, 9.17) is 5.73 Å². The highest BCUT2D eigenvalue weighted by Crippen LogP contribution is 2.18. The molecule has 1 aromatic carbocycles. The lowest BCUT2D eigenvalue weighted by Gasteiger charge is -2.11. The van der Waals surface area contributed by atoms with Crippen molar-refractivity contribution in [2.24, 2.45) is 5.73 Å². The van der Waals surface area contributed by atoms with Gasteiger partial charge in [0, 0.05) is 12.2 Å². The van der Waals surface area contributed by atoms with Crippen LogP contribution in [0.5, 0.6) is 0 Å². The van der Waals surface area contributed by atoms with Crippen LogP contribution in [0.4, 0.5) is 4.39 Å². The van der Waals surface area contributed by atoms with Crippen molar-refractivity contribution in [1.29, 1.82) is 0 Å². The van der Waals surface area contributed by atoms with E-state index >= 15 is 0 Å². The number of rotatable bonds is 3. The van der Waals surface area contributed by atoms with Gasteiger partial charge in [0.05, 0.1) is 15.5 Å². The van der Waals surface area contributed by atoms with Crippen LogP contribution in [0, 0.1) is 9.39 Å². The second-order valence-electron chi connectivity index (χ2n) is 4.06. The van der Waals surface area contributed by atoms with E-state index in [0.29, 0.717) is 6.42 Å². The molecule has 2 N–H and O–H groups in total. The molecule has 0 saturated carbocycles. The number of aromatic nitrogens is 2. The molecule has 90 valence electrons. The first-order chi connectivity index (χ1) is 8.06. The molecule has 0 aliphatic heterocycles. The van der Waals surface area contributed by atoms with Crippen LogP contribution in [0.15, 0.2) is 30.6 Å². The molecule has 0 aliphatic carbocycles. The zero-order valence-corrected chi connectivity index (χ0v) is 11.6. The van der Waals surface area contributed by atoms with Gasteiger partial charge in [-0.3, -0.25) is 0 Å². The van der Waals surface area contributed by atoms with E-state index in [1.165, 1.54) is 12.1 Å². The van der Waals surface area contributed by atoms with Crippen molar-refractivity contribution in [2.45, 2.75) is 19.4 Å². The van der Waals surface area contributed by atoms with Gasteiger partial charge >= 0.3 is 0 Å². The van der Waals surface area contributed by atoms with Crippen LogP contribution in [0.3, 0.4) is 0 Å². The Balaban J connectivity index is 2.45. The Hall–Kier alpha value is -0.950. The zero-order valence-electron chi connectivity index (χ0n) is 9.40. The largest absolute Gasteiger partial charge is 0.328 e. The molecule has 0 spiro atoms. The van der Waals surface area contributed by atoms with Crippen molar-refractivity contribution >= 4 is 22.6 Å². The fraction of sp³-hybridized carbons (Fsp3) is 0.250. The molecule has 1 heterocycles. The maximum Gasteiger partial charge on any atom is 0.123 e. The summed E-state index contributed by atoms with van der Waals surface area (Å²) in [4.78, 5) is 0. The predicted molar refractivity (Wildman–Crippen MR) is 73.6 cm³/mol. The summed E-state index contributed by atoms with van der Waals surface area (Å²) in [6.45, 7) is 1.90. The van der Waals surface area contributed by atoms with Crippen molar-refractivity contribution in [3.63, 3.8) is 0 Å². The topological polar surface area (TPSA) is 43.8 Å². The van der Waals surface area contributed by atoms with Gasteiger partial charge in [0.1, 0.15) is 5.82 Å². The molecule has 1 aromatic heterocycles. The minimum Gasteiger partial charge on any atom is -0.328 e. The standard InChI is InChI=1S/C12H13FIN3/c1-8(15)4-9-5-10(13)2-3-12(9)17-7-11(14)6-16-17/h2-3,5-8H,4,15H2,1H3. The average molecular weight is 345 g/mol. The Morgan fingerprint density at radius 3 is 2.88 bits per heavy atom. The Morgan fingerprint density at radius 1 is 1.53 bits per heavy atom. The van der Waals surface area contributed by atoms with E-state index in [2.05, 4.69) is 27.7 Å². The molecule has 0 fully saturated rings. The van der Waals surface area contributed by atoms with E-state index in [0.717, 1.165) is 14.8 Å². The zero-order chi connectivity index (χ0) is 12.4. The molecule has 0 amide bonds. The first-order valence-electron chi connectivity index (χ1n) is 5.31. The van der Waals surface area contributed by atoms with Gasteiger partial charge in [0.2, 0.25) is 0 Å². The molecule has 2 rings (SSSR count). The second kappa shape index (κ2) is 5.14. The summed E-state index contributed by atoms with van der Waals surface area (Å²) < 4.78 is 16.0. The highest BCUT2D eigenvalue weighted by Gasteiger charge is 2.09. The van der Waals surface area contributed by atoms with Gasteiger partial charge in [-0.25, -0.2) is 9.07 Å². The van der Waals surface area contributed by atoms with Crippen LogP contribution < -0.4 is 5.73 Å². The SMILES string of the molecule is CC(N)Cc1cc(F)ccc1-n1cc(I)cn1. The molecule has 0 saturated heterocycles. The minimum absolute atomic E-state index is 0.00909. The van der Waals surface area contributed by atoms with Crippen molar-refractivity contribution in [1.82, 2.24) is 9.78 Å². The van der Waals surface area contributed by atoms with E-state index in [-0.39, 0.29) is 11.9 Å². The van der Waals surface area contributed by atoms with E-state index in [9.17, 15) is 4.39 Å². The van der Waals surface area contributed by atoms with E-state index in [1.807, 2.05) is 13.1 Å². The maximum atomic E-state index is 13.2. The summed E-state index contributed by atoms with van der Waals surface area (Å²) in [7, 11) is 0. The summed E-state index contributed by atoms with van der Waals surface area (Å²) in [5.74, 6) is -0.244. The minimum atomic E-state index is -0.244. The molecule has 0 bridgehead atoms. The number of nitrogens with zero attached hydrogens (tertiary/aromatic N) is 2. The monoisotopic (exact) mass is 345 g/mol. The number of hydrogen-bond donors (Lipinski definition) is 1. The van der Waals surface area contributed by atoms with Gasteiger partial charge in [-0.1, -0.05) is 0 Å². The van der Waals surface area contributed by atoms with Crippen LogP contribution in [-0.2, 0) is 6.42 Å². The fourth-order valence-electron chi connectivity index (χ4n) is 1.72. The smallest absolute Gasteiger partial charge is 0.123 e. The predicted octanol–water partition coefficient (Wildman–Crippen LogP) is 2.51. The van der Waals surface area contributed by atoms with Crippen molar-refractivity contribution in [3.8, 4) is 5.69 Å². The van der Waals surface area contributed by atoms with Crippen molar-refractivity contribution < 1.29 is 4.39 Å². The van der Waals surface area contributed by atoms with Gasteiger partial charge in [-0.15, -0.1) is 0 Å². The lowest BCUT2D eigenvalue weighted by atomic mass is 10.1. The third-order valence-electron chi connectivity index (χ3n) is 2.38. The highest BCUT2D eigenvalue weighted by atomic mass is 127. The van der Waals surface area contributed by atoms with Crippen LogP contribution >= 0.6 is 22.6 Å². The molecule has 0 aliphatic rings. The fourth-order valence-corrected chi connectivity index (χ4v) is 2.11. The van der Waals surface area contributed by atoms with Crippen LogP contribution in [0.1, 0.15) is 12.5 Å². The summed E-state index contributed by atoms with van der Waals surface area (Å²) >= 11 is 2.19. The number of benzene rings is 1. The first kappa shape index (κ1) is 12.5. The lowest BCUT2D eigenvalue weighted by molar-refractivity contribution is 0.621. The van der Waals surface area contributed by atoms with Gasteiger partial charge < -0.3 is 5.73 Å². The Labute approximate surface area is 113 Å². The van der Waals surface area contributed by atoms with Crippen LogP contribution in [0.2, 0.25) is 0 Å². The van der Waals surface area contributed by atoms with Crippen molar-refractivity contribution in [3.05, 3.63) is 45.5 Å².